The maximum absolute atomic E-state index is 5.84. The van der Waals surface area contributed by atoms with Crippen LogP contribution in [0.3, 0.4) is 0 Å². The zero-order valence-electron chi connectivity index (χ0n) is 7.18. The van der Waals surface area contributed by atoms with Crippen LogP contribution in [0.5, 0.6) is 0 Å². The minimum absolute atomic E-state index is 0.821. The van der Waals surface area contributed by atoms with E-state index in [4.69, 9.17) is 11.6 Å². The third-order valence-corrected chi connectivity index (χ3v) is 2.46. The van der Waals surface area contributed by atoms with Crippen LogP contribution >= 0.6 is 24.2 Å². The van der Waals surface area contributed by atoms with Gasteiger partial charge in [-0.1, -0.05) is 17.7 Å². The van der Waals surface area contributed by atoms with Crippen molar-refractivity contribution >= 4 is 24.2 Å². The van der Waals surface area contributed by atoms with Gasteiger partial charge in [-0.05, 0) is 48.8 Å². The zero-order chi connectivity index (χ0) is 8.97. The summed E-state index contributed by atoms with van der Waals surface area (Å²) in [7, 11) is 0. The molecule has 0 N–H and O–H groups in total. The molecular formula is C10H13ClS. The molecular weight excluding hydrogens is 188 g/mol. The molecule has 0 bridgehead atoms. The molecule has 0 saturated carbocycles. The van der Waals surface area contributed by atoms with E-state index >= 15 is 0 Å². The second-order valence-electron chi connectivity index (χ2n) is 2.90. The second kappa shape index (κ2) is 4.78. The minimum Gasteiger partial charge on any atom is -0.179 e. The van der Waals surface area contributed by atoms with Crippen LogP contribution < -0.4 is 0 Å². The molecule has 0 atom stereocenters. The Bertz CT molecular complexity index is 258. The first-order chi connectivity index (χ1) is 5.74. The van der Waals surface area contributed by atoms with Gasteiger partial charge in [-0.15, -0.1) is 0 Å². The Labute approximate surface area is 84.3 Å². The fourth-order valence-corrected chi connectivity index (χ4v) is 1.59. The number of hydrogen-bond acceptors (Lipinski definition) is 1. The highest BCUT2D eigenvalue weighted by atomic mass is 35.5. The molecule has 0 fully saturated rings. The Hall–Kier alpha value is -0.140. The van der Waals surface area contributed by atoms with Crippen molar-refractivity contribution in [2.24, 2.45) is 0 Å². The maximum Gasteiger partial charge on any atom is 0.0408 e. The molecule has 0 aromatic heterocycles. The average molecular weight is 201 g/mol. The number of aryl methyl sites for hydroxylation is 2. The van der Waals surface area contributed by atoms with Crippen molar-refractivity contribution in [3.63, 3.8) is 0 Å². The van der Waals surface area contributed by atoms with E-state index in [2.05, 4.69) is 25.6 Å². The number of benzene rings is 1. The number of halogens is 1. The van der Waals surface area contributed by atoms with Crippen LogP contribution in [0.4, 0.5) is 0 Å². The van der Waals surface area contributed by atoms with Crippen LogP contribution in [-0.2, 0) is 6.42 Å². The minimum atomic E-state index is 0.821. The fraction of sp³-hybridized carbons (Fsp3) is 0.400. The lowest BCUT2D eigenvalue weighted by Crippen LogP contribution is -1.89. The van der Waals surface area contributed by atoms with Crippen molar-refractivity contribution < 1.29 is 0 Å². The zero-order valence-corrected chi connectivity index (χ0v) is 8.83. The molecule has 0 nitrogen and oxygen atoms in total. The van der Waals surface area contributed by atoms with Gasteiger partial charge in [0.05, 0.1) is 0 Å². The number of hydrogen-bond donors (Lipinski definition) is 1. The van der Waals surface area contributed by atoms with Gasteiger partial charge in [0, 0.05) is 5.02 Å². The highest BCUT2D eigenvalue weighted by molar-refractivity contribution is 7.80. The molecule has 0 spiro atoms. The fourth-order valence-electron chi connectivity index (χ4n) is 1.21. The number of thiol groups is 1. The highest BCUT2D eigenvalue weighted by Crippen LogP contribution is 2.16. The molecule has 1 aromatic carbocycles. The first-order valence-electron chi connectivity index (χ1n) is 4.10. The average Bonchev–Trinajstić information content (AvgIpc) is 2.03. The second-order valence-corrected chi connectivity index (χ2v) is 3.78. The van der Waals surface area contributed by atoms with Gasteiger partial charge in [0.1, 0.15) is 0 Å². The van der Waals surface area contributed by atoms with Crippen LogP contribution in [0.15, 0.2) is 18.2 Å². The SMILES string of the molecule is Cc1cc(Cl)ccc1CCCS. The lowest BCUT2D eigenvalue weighted by Gasteiger charge is -2.04. The smallest absolute Gasteiger partial charge is 0.0408 e. The van der Waals surface area contributed by atoms with Crippen LogP contribution in [0.25, 0.3) is 0 Å². The summed E-state index contributed by atoms with van der Waals surface area (Å²) >= 11 is 10.0. The maximum atomic E-state index is 5.84. The Morgan fingerprint density at radius 2 is 2.17 bits per heavy atom. The van der Waals surface area contributed by atoms with Gasteiger partial charge in [-0.2, -0.15) is 12.6 Å². The van der Waals surface area contributed by atoms with Gasteiger partial charge in [-0.25, -0.2) is 0 Å². The van der Waals surface area contributed by atoms with Gasteiger partial charge in [0.2, 0.25) is 0 Å². The normalized spacial score (nSPS) is 10.2. The Kier molecular flexibility index (Phi) is 3.96. The first-order valence-corrected chi connectivity index (χ1v) is 5.11. The monoisotopic (exact) mass is 200 g/mol. The summed E-state index contributed by atoms with van der Waals surface area (Å²) in [6.45, 7) is 2.10. The largest absolute Gasteiger partial charge is 0.179 e. The summed E-state index contributed by atoms with van der Waals surface area (Å²) in [6, 6.07) is 6.05. The summed E-state index contributed by atoms with van der Waals surface area (Å²) in [5.74, 6) is 0.946. The lowest BCUT2D eigenvalue weighted by atomic mass is 10.0. The molecule has 0 saturated heterocycles. The van der Waals surface area contributed by atoms with Crippen molar-refractivity contribution in [2.45, 2.75) is 19.8 Å². The Morgan fingerprint density at radius 1 is 1.42 bits per heavy atom. The van der Waals surface area contributed by atoms with Gasteiger partial charge < -0.3 is 0 Å². The van der Waals surface area contributed by atoms with Crippen molar-refractivity contribution in [3.8, 4) is 0 Å². The van der Waals surface area contributed by atoms with Crippen molar-refractivity contribution in [3.05, 3.63) is 34.3 Å². The highest BCUT2D eigenvalue weighted by Gasteiger charge is 1.97. The summed E-state index contributed by atoms with van der Waals surface area (Å²) in [5, 5.41) is 0.821. The molecule has 66 valence electrons. The van der Waals surface area contributed by atoms with E-state index in [-0.39, 0.29) is 0 Å². The van der Waals surface area contributed by atoms with E-state index in [1.54, 1.807) is 0 Å². The third kappa shape index (κ3) is 2.72. The topological polar surface area (TPSA) is 0 Å². The summed E-state index contributed by atoms with van der Waals surface area (Å²) in [5.41, 5.74) is 2.66. The predicted molar refractivity (Wildman–Crippen MR) is 58.4 cm³/mol. The standard InChI is InChI=1S/C10H13ClS/c1-8-7-10(11)5-4-9(8)3-2-6-12/h4-5,7,12H,2-3,6H2,1H3. The first kappa shape index (κ1) is 9.94. The Balaban J connectivity index is 2.72. The van der Waals surface area contributed by atoms with Gasteiger partial charge in [0.15, 0.2) is 0 Å². The van der Waals surface area contributed by atoms with Crippen molar-refractivity contribution in [1.82, 2.24) is 0 Å². The van der Waals surface area contributed by atoms with Crippen LogP contribution in [0, 0.1) is 6.92 Å². The van der Waals surface area contributed by atoms with Gasteiger partial charge in [0.25, 0.3) is 0 Å². The summed E-state index contributed by atoms with van der Waals surface area (Å²) in [4.78, 5) is 0. The third-order valence-electron chi connectivity index (χ3n) is 1.91. The van der Waals surface area contributed by atoms with E-state index < -0.39 is 0 Å². The van der Waals surface area contributed by atoms with Gasteiger partial charge >= 0.3 is 0 Å². The van der Waals surface area contributed by atoms with Crippen LogP contribution in [0.1, 0.15) is 17.5 Å². The lowest BCUT2D eigenvalue weighted by molar-refractivity contribution is 0.926. The molecule has 0 amide bonds. The quantitative estimate of drug-likeness (QED) is 0.710. The van der Waals surface area contributed by atoms with E-state index in [0.29, 0.717) is 0 Å². The molecule has 2 heteroatoms. The number of rotatable bonds is 3. The van der Waals surface area contributed by atoms with Crippen molar-refractivity contribution in [2.75, 3.05) is 5.75 Å². The Morgan fingerprint density at radius 3 is 2.75 bits per heavy atom. The molecule has 0 aliphatic heterocycles. The molecule has 0 unspecified atom stereocenters. The molecule has 12 heavy (non-hydrogen) atoms. The van der Waals surface area contributed by atoms with Crippen LogP contribution in [-0.4, -0.2) is 5.75 Å². The predicted octanol–water partition coefficient (Wildman–Crippen LogP) is 3.51. The molecule has 0 heterocycles. The summed E-state index contributed by atoms with van der Waals surface area (Å²) in [6.07, 6.45) is 2.23. The molecule has 0 aliphatic rings. The molecule has 1 rings (SSSR count). The van der Waals surface area contributed by atoms with Gasteiger partial charge in [-0.3, -0.25) is 0 Å². The van der Waals surface area contributed by atoms with E-state index in [1.165, 1.54) is 11.1 Å². The molecule has 1 aromatic rings. The molecule has 0 radical (unpaired) electrons. The van der Waals surface area contributed by atoms with Crippen molar-refractivity contribution in [1.29, 1.82) is 0 Å². The van der Waals surface area contributed by atoms with Crippen LogP contribution in [0.2, 0.25) is 5.02 Å². The molecule has 0 aliphatic carbocycles. The van der Waals surface area contributed by atoms with E-state index in [0.717, 1.165) is 23.6 Å². The van der Waals surface area contributed by atoms with E-state index in [9.17, 15) is 0 Å². The van der Waals surface area contributed by atoms with E-state index in [1.807, 2.05) is 12.1 Å². The summed E-state index contributed by atoms with van der Waals surface area (Å²) < 4.78 is 0.